The van der Waals surface area contributed by atoms with Crippen LogP contribution in [0.3, 0.4) is 0 Å². The van der Waals surface area contributed by atoms with E-state index in [4.69, 9.17) is 4.74 Å². The number of ether oxygens (including phenoxy) is 1. The van der Waals surface area contributed by atoms with E-state index >= 15 is 0 Å². The number of nitrogens with one attached hydrogen (secondary N) is 2. The summed E-state index contributed by atoms with van der Waals surface area (Å²) in [5.41, 5.74) is 1.77. The van der Waals surface area contributed by atoms with Gasteiger partial charge in [0.2, 0.25) is 11.8 Å². The van der Waals surface area contributed by atoms with Crippen LogP contribution in [0.2, 0.25) is 0 Å². The zero-order valence-corrected chi connectivity index (χ0v) is 17.1. The van der Waals surface area contributed by atoms with Crippen LogP contribution in [0, 0.1) is 5.92 Å². The lowest BCUT2D eigenvalue weighted by Crippen LogP contribution is -2.48. The lowest BCUT2D eigenvalue weighted by molar-refractivity contribution is -0.127. The second-order valence-electron chi connectivity index (χ2n) is 7.38. The maximum atomic E-state index is 12.7. The van der Waals surface area contributed by atoms with Gasteiger partial charge in [0.15, 0.2) is 0 Å². The quantitative estimate of drug-likeness (QED) is 0.756. The number of para-hydroxylation sites is 2. The molecular formula is C23H29N3O3. The van der Waals surface area contributed by atoms with Gasteiger partial charge in [-0.3, -0.25) is 14.5 Å². The molecule has 1 heterocycles. The molecule has 0 radical (unpaired) electrons. The Balaban J connectivity index is 1.46. The standard InChI is InChI=1S/C23H29N3O3/c1-17(22(27)25-20-10-6-7-11-21(20)29-2)26-14-12-19(13-15-26)23(28)24-16-18-8-4-3-5-9-18/h3-11,17,19H,12-16H2,1-2H3,(H,24,28)(H,25,27). The Bertz CT molecular complexity index is 817. The fraction of sp³-hybridized carbons (Fsp3) is 0.391. The average Bonchev–Trinajstić information content (AvgIpc) is 2.78. The minimum absolute atomic E-state index is 0.000518. The number of rotatable bonds is 7. The van der Waals surface area contributed by atoms with E-state index in [1.807, 2.05) is 61.5 Å². The summed E-state index contributed by atoms with van der Waals surface area (Å²) in [6, 6.07) is 17.0. The molecule has 154 valence electrons. The van der Waals surface area contributed by atoms with Crippen molar-refractivity contribution in [2.75, 3.05) is 25.5 Å². The number of carbonyl (C=O) groups excluding carboxylic acids is 2. The Morgan fingerprint density at radius 3 is 2.41 bits per heavy atom. The molecule has 2 aromatic rings. The van der Waals surface area contributed by atoms with E-state index in [1.54, 1.807) is 7.11 Å². The first-order valence-corrected chi connectivity index (χ1v) is 10.1. The molecule has 0 aromatic heterocycles. The van der Waals surface area contributed by atoms with Crippen LogP contribution in [0.5, 0.6) is 5.75 Å². The highest BCUT2D eigenvalue weighted by molar-refractivity contribution is 5.95. The van der Waals surface area contributed by atoms with Gasteiger partial charge in [-0.05, 0) is 50.6 Å². The van der Waals surface area contributed by atoms with Crippen LogP contribution in [0.1, 0.15) is 25.3 Å². The maximum Gasteiger partial charge on any atom is 0.241 e. The highest BCUT2D eigenvalue weighted by Gasteiger charge is 2.29. The number of carbonyl (C=O) groups is 2. The largest absolute Gasteiger partial charge is 0.495 e. The summed E-state index contributed by atoms with van der Waals surface area (Å²) in [5.74, 6) is 0.669. The first-order valence-electron chi connectivity index (χ1n) is 10.1. The number of benzene rings is 2. The summed E-state index contributed by atoms with van der Waals surface area (Å²) < 4.78 is 5.29. The molecule has 2 aromatic carbocycles. The van der Waals surface area contributed by atoms with Crippen molar-refractivity contribution in [2.45, 2.75) is 32.4 Å². The van der Waals surface area contributed by atoms with Crippen molar-refractivity contribution < 1.29 is 14.3 Å². The van der Waals surface area contributed by atoms with E-state index in [-0.39, 0.29) is 23.8 Å². The van der Waals surface area contributed by atoms with Gasteiger partial charge in [-0.25, -0.2) is 0 Å². The fourth-order valence-corrected chi connectivity index (χ4v) is 3.63. The Morgan fingerprint density at radius 1 is 1.07 bits per heavy atom. The fourth-order valence-electron chi connectivity index (χ4n) is 3.63. The molecule has 1 aliphatic rings. The summed E-state index contributed by atoms with van der Waals surface area (Å²) in [4.78, 5) is 27.3. The lowest BCUT2D eigenvalue weighted by atomic mass is 9.94. The molecule has 1 saturated heterocycles. The van der Waals surface area contributed by atoms with E-state index < -0.39 is 0 Å². The van der Waals surface area contributed by atoms with Crippen LogP contribution in [-0.4, -0.2) is 43.0 Å². The van der Waals surface area contributed by atoms with Gasteiger partial charge in [-0.15, -0.1) is 0 Å². The molecule has 1 fully saturated rings. The Morgan fingerprint density at radius 2 is 1.72 bits per heavy atom. The minimum atomic E-state index is -0.270. The third kappa shape index (κ3) is 5.57. The molecule has 0 spiro atoms. The molecule has 1 unspecified atom stereocenters. The topological polar surface area (TPSA) is 70.7 Å². The number of methoxy groups -OCH3 is 1. The van der Waals surface area contributed by atoms with Gasteiger partial charge in [0.25, 0.3) is 0 Å². The molecule has 0 aliphatic carbocycles. The molecule has 2 amide bonds. The molecule has 0 bridgehead atoms. The summed E-state index contributed by atoms with van der Waals surface area (Å²) >= 11 is 0. The normalized spacial score (nSPS) is 16.1. The molecule has 1 aliphatic heterocycles. The number of amides is 2. The number of likely N-dealkylation sites (tertiary alicyclic amines) is 1. The average molecular weight is 396 g/mol. The number of hydrogen-bond donors (Lipinski definition) is 2. The van der Waals surface area contributed by atoms with Crippen molar-refractivity contribution in [3.05, 3.63) is 60.2 Å². The van der Waals surface area contributed by atoms with Gasteiger partial charge in [-0.2, -0.15) is 0 Å². The molecule has 6 heteroatoms. The predicted octanol–water partition coefficient (Wildman–Crippen LogP) is 3.05. The Hall–Kier alpha value is -2.86. The number of nitrogens with zero attached hydrogens (tertiary/aromatic N) is 1. The van der Waals surface area contributed by atoms with E-state index in [0.717, 1.165) is 31.5 Å². The smallest absolute Gasteiger partial charge is 0.241 e. The van der Waals surface area contributed by atoms with Crippen LogP contribution < -0.4 is 15.4 Å². The van der Waals surface area contributed by atoms with Crippen LogP contribution in [-0.2, 0) is 16.1 Å². The number of piperidine rings is 1. The molecule has 29 heavy (non-hydrogen) atoms. The molecule has 2 N–H and O–H groups in total. The van der Waals surface area contributed by atoms with Gasteiger partial charge in [0, 0.05) is 12.5 Å². The van der Waals surface area contributed by atoms with E-state index in [0.29, 0.717) is 18.0 Å². The SMILES string of the molecule is COc1ccccc1NC(=O)C(C)N1CCC(C(=O)NCc2ccccc2)CC1. The van der Waals surface area contributed by atoms with Crippen LogP contribution in [0.15, 0.2) is 54.6 Å². The first-order chi connectivity index (χ1) is 14.1. The molecule has 6 nitrogen and oxygen atoms in total. The zero-order valence-electron chi connectivity index (χ0n) is 17.1. The van der Waals surface area contributed by atoms with Crippen molar-refractivity contribution in [2.24, 2.45) is 5.92 Å². The van der Waals surface area contributed by atoms with Crippen molar-refractivity contribution >= 4 is 17.5 Å². The van der Waals surface area contributed by atoms with Crippen LogP contribution in [0.4, 0.5) is 5.69 Å². The van der Waals surface area contributed by atoms with Crippen molar-refractivity contribution in [1.82, 2.24) is 10.2 Å². The zero-order chi connectivity index (χ0) is 20.6. The first kappa shape index (κ1) is 20.9. The molecule has 1 atom stereocenters. The summed E-state index contributed by atoms with van der Waals surface area (Å²) in [7, 11) is 1.59. The van der Waals surface area contributed by atoms with Crippen molar-refractivity contribution in [3.63, 3.8) is 0 Å². The Labute approximate surface area is 172 Å². The monoisotopic (exact) mass is 395 g/mol. The third-order valence-corrected chi connectivity index (χ3v) is 5.50. The van der Waals surface area contributed by atoms with Gasteiger partial charge < -0.3 is 15.4 Å². The third-order valence-electron chi connectivity index (χ3n) is 5.50. The second kappa shape index (κ2) is 10.1. The molecule has 0 saturated carbocycles. The van der Waals surface area contributed by atoms with Crippen molar-refractivity contribution in [3.8, 4) is 5.75 Å². The predicted molar refractivity (Wildman–Crippen MR) is 114 cm³/mol. The highest BCUT2D eigenvalue weighted by Crippen LogP contribution is 2.24. The van der Waals surface area contributed by atoms with Gasteiger partial charge in [0.05, 0.1) is 18.8 Å². The van der Waals surface area contributed by atoms with Crippen LogP contribution >= 0.6 is 0 Å². The summed E-state index contributed by atoms with van der Waals surface area (Å²) in [6.07, 6.45) is 1.51. The van der Waals surface area contributed by atoms with Crippen LogP contribution in [0.25, 0.3) is 0 Å². The van der Waals surface area contributed by atoms with E-state index in [2.05, 4.69) is 15.5 Å². The number of hydrogen-bond acceptors (Lipinski definition) is 4. The minimum Gasteiger partial charge on any atom is -0.495 e. The molecular weight excluding hydrogens is 366 g/mol. The van der Waals surface area contributed by atoms with E-state index in [9.17, 15) is 9.59 Å². The van der Waals surface area contributed by atoms with Gasteiger partial charge in [0.1, 0.15) is 5.75 Å². The summed E-state index contributed by atoms with van der Waals surface area (Å²) in [5, 5.41) is 5.98. The lowest BCUT2D eigenvalue weighted by Gasteiger charge is -2.34. The summed E-state index contributed by atoms with van der Waals surface area (Å²) in [6.45, 7) is 3.91. The van der Waals surface area contributed by atoms with Gasteiger partial charge in [-0.1, -0.05) is 42.5 Å². The molecule has 3 rings (SSSR count). The van der Waals surface area contributed by atoms with Crippen molar-refractivity contribution in [1.29, 1.82) is 0 Å². The Kier molecular flexibility index (Phi) is 7.25. The van der Waals surface area contributed by atoms with E-state index in [1.165, 1.54) is 0 Å². The van der Waals surface area contributed by atoms with Gasteiger partial charge >= 0.3 is 0 Å². The second-order valence-corrected chi connectivity index (χ2v) is 7.38. The maximum absolute atomic E-state index is 12.7. The number of anilines is 1. The highest BCUT2D eigenvalue weighted by atomic mass is 16.5.